The van der Waals surface area contributed by atoms with Crippen molar-refractivity contribution in [1.29, 1.82) is 0 Å². The number of benzene rings is 1. The van der Waals surface area contributed by atoms with E-state index in [1.54, 1.807) is 13.0 Å². The van der Waals surface area contributed by atoms with Gasteiger partial charge >= 0.3 is 5.97 Å². The van der Waals surface area contributed by atoms with Gasteiger partial charge in [0.05, 0.1) is 12.5 Å². The molecule has 1 aromatic rings. The van der Waals surface area contributed by atoms with Crippen LogP contribution in [0.4, 0.5) is 0 Å². The van der Waals surface area contributed by atoms with Crippen LogP contribution >= 0.6 is 0 Å². The third-order valence-corrected chi connectivity index (χ3v) is 2.33. The van der Waals surface area contributed by atoms with Gasteiger partial charge in [-0.15, -0.1) is 0 Å². The number of carboxylic acids is 1. The average Bonchev–Trinajstić information content (AvgIpc) is 2.25. The van der Waals surface area contributed by atoms with Crippen LogP contribution in [0.5, 0.6) is 5.75 Å². The summed E-state index contributed by atoms with van der Waals surface area (Å²) < 4.78 is 5.61. The molecule has 0 aliphatic carbocycles. The van der Waals surface area contributed by atoms with Gasteiger partial charge in [0.15, 0.2) is 0 Å². The number of rotatable bonds is 5. The molecule has 0 saturated carbocycles. The van der Waals surface area contributed by atoms with E-state index in [1.165, 1.54) is 0 Å². The maximum absolute atomic E-state index is 10.9. The van der Waals surface area contributed by atoms with E-state index in [4.69, 9.17) is 9.84 Å². The fourth-order valence-corrected chi connectivity index (χ4v) is 1.36. The van der Waals surface area contributed by atoms with Crippen LogP contribution in [0.2, 0.25) is 0 Å². The quantitative estimate of drug-likeness (QED) is 0.833. The summed E-state index contributed by atoms with van der Waals surface area (Å²) >= 11 is 0. The van der Waals surface area contributed by atoms with E-state index in [2.05, 4.69) is 13.8 Å². The summed E-state index contributed by atoms with van der Waals surface area (Å²) in [5, 5.41) is 8.98. The molecule has 0 radical (unpaired) electrons. The summed E-state index contributed by atoms with van der Waals surface area (Å²) in [6.45, 7) is 6.38. The molecule has 0 saturated heterocycles. The first kappa shape index (κ1) is 12.6. The normalized spacial score (nSPS) is 12.5. The van der Waals surface area contributed by atoms with Crippen LogP contribution in [0.1, 0.15) is 32.3 Å². The lowest BCUT2D eigenvalue weighted by Gasteiger charge is -2.15. The predicted molar refractivity (Wildman–Crippen MR) is 62.8 cm³/mol. The number of carboxylic acid groups (broad SMARTS) is 1. The fraction of sp³-hybridized carbons (Fsp3) is 0.462. The van der Waals surface area contributed by atoms with Crippen LogP contribution in [0.15, 0.2) is 24.3 Å². The van der Waals surface area contributed by atoms with Gasteiger partial charge in [0.25, 0.3) is 0 Å². The lowest BCUT2D eigenvalue weighted by molar-refractivity contribution is -0.138. The van der Waals surface area contributed by atoms with Crippen molar-refractivity contribution in [3.05, 3.63) is 29.8 Å². The van der Waals surface area contributed by atoms with Crippen molar-refractivity contribution in [3.8, 4) is 5.75 Å². The highest BCUT2D eigenvalue weighted by molar-refractivity contribution is 5.76. The predicted octanol–water partition coefficient (Wildman–Crippen LogP) is 2.91. The number of carbonyl (C=O) groups is 1. The molecule has 1 rings (SSSR count). The first-order valence-corrected chi connectivity index (χ1v) is 5.47. The Bertz CT molecular complexity index is 358. The molecule has 0 amide bonds. The number of ether oxygens (including phenoxy) is 1. The highest BCUT2D eigenvalue weighted by Gasteiger charge is 2.17. The van der Waals surface area contributed by atoms with E-state index in [1.807, 2.05) is 18.2 Å². The van der Waals surface area contributed by atoms with Gasteiger partial charge in [-0.05, 0) is 18.9 Å². The zero-order valence-corrected chi connectivity index (χ0v) is 9.93. The Morgan fingerprint density at radius 2 is 1.94 bits per heavy atom. The molecular formula is C13H18O3. The summed E-state index contributed by atoms with van der Waals surface area (Å²) in [5.41, 5.74) is 0.732. The van der Waals surface area contributed by atoms with Crippen molar-refractivity contribution < 1.29 is 14.6 Å². The van der Waals surface area contributed by atoms with Gasteiger partial charge in [0, 0.05) is 5.56 Å². The Hall–Kier alpha value is -1.51. The molecule has 0 heterocycles. The van der Waals surface area contributed by atoms with Crippen LogP contribution in [0.3, 0.4) is 0 Å². The van der Waals surface area contributed by atoms with Crippen molar-refractivity contribution >= 4 is 5.97 Å². The standard InChI is InChI=1S/C13H18O3/c1-9(2)8-16-12-7-5-4-6-11(12)10(3)13(14)15/h4-7,9-10H,8H2,1-3H3,(H,14,15). The van der Waals surface area contributed by atoms with Gasteiger partial charge in [0.1, 0.15) is 5.75 Å². The Balaban J connectivity index is 2.87. The molecule has 0 fully saturated rings. The van der Waals surface area contributed by atoms with Crippen molar-refractivity contribution in [2.75, 3.05) is 6.61 Å². The lowest BCUT2D eigenvalue weighted by Crippen LogP contribution is -2.11. The molecule has 3 heteroatoms. The largest absolute Gasteiger partial charge is 0.493 e. The first-order chi connectivity index (χ1) is 7.52. The van der Waals surface area contributed by atoms with Crippen molar-refractivity contribution in [2.45, 2.75) is 26.7 Å². The minimum absolute atomic E-state index is 0.424. The number of aliphatic carboxylic acids is 1. The molecule has 0 aliphatic rings. The van der Waals surface area contributed by atoms with Gasteiger partial charge in [-0.2, -0.15) is 0 Å². The Morgan fingerprint density at radius 3 is 2.50 bits per heavy atom. The highest BCUT2D eigenvalue weighted by Crippen LogP contribution is 2.26. The second kappa shape index (κ2) is 5.54. The van der Waals surface area contributed by atoms with E-state index >= 15 is 0 Å². The summed E-state index contributed by atoms with van der Waals surface area (Å²) in [6, 6.07) is 7.30. The number of hydrogen-bond donors (Lipinski definition) is 1. The number of hydrogen-bond acceptors (Lipinski definition) is 2. The topological polar surface area (TPSA) is 46.5 Å². The molecule has 1 atom stereocenters. The lowest BCUT2D eigenvalue weighted by atomic mass is 10.0. The van der Waals surface area contributed by atoms with E-state index in [-0.39, 0.29) is 0 Å². The third kappa shape index (κ3) is 3.26. The molecule has 0 aromatic heterocycles. The fourth-order valence-electron chi connectivity index (χ4n) is 1.36. The van der Waals surface area contributed by atoms with Crippen LogP contribution in [0, 0.1) is 5.92 Å². The molecule has 1 N–H and O–H groups in total. The summed E-state index contributed by atoms with van der Waals surface area (Å²) in [6.07, 6.45) is 0. The monoisotopic (exact) mass is 222 g/mol. The maximum atomic E-state index is 10.9. The van der Waals surface area contributed by atoms with Gasteiger partial charge in [-0.25, -0.2) is 0 Å². The molecule has 16 heavy (non-hydrogen) atoms. The minimum Gasteiger partial charge on any atom is -0.493 e. The van der Waals surface area contributed by atoms with Gasteiger partial charge in [-0.3, -0.25) is 4.79 Å². The van der Waals surface area contributed by atoms with Gasteiger partial charge < -0.3 is 9.84 Å². The van der Waals surface area contributed by atoms with Gasteiger partial charge in [-0.1, -0.05) is 32.0 Å². The number of para-hydroxylation sites is 1. The summed E-state index contributed by atoms with van der Waals surface area (Å²) in [4.78, 5) is 10.9. The molecule has 88 valence electrons. The van der Waals surface area contributed by atoms with Crippen LogP contribution in [0.25, 0.3) is 0 Å². The Morgan fingerprint density at radius 1 is 1.31 bits per heavy atom. The molecule has 0 aliphatic heterocycles. The maximum Gasteiger partial charge on any atom is 0.310 e. The van der Waals surface area contributed by atoms with Crippen LogP contribution < -0.4 is 4.74 Å². The molecular weight excluding hydrogens is 204 g/mol. The Labute approximate surface area is 96.1 Å². The third-order valence-electron chi connectivity index (χ3n) is 2.33. The Kier molecular flexibility index (Phi) is 4.35. The summed E-state index contributed by atoms with van der Waals surface area (Å²) in [5.74, 6) is -0.275. The molecule has 1 unspecified atom stereocenters. The minimum atomic E-state index is -0.833. The highest BCUT2D eigenvalue weighted by atomic mass is 16.5. The smallest absolute Gasteiger partial charge is 0.310 e. The zero-order valence-electron chi connectivity index (χ0n) is 9.93. The SMILES string of the molecule is CC(C)COc1ccccc1C(C)C(=O)O. The van der Waals surface area contributed by atoms with Crippen molar-refractivity contribution in [2.24, 2.45) is 5.92 Å². The van der Waals surface area contributed by atoms with E-state index < -0.39 is 11.9 Å². The summed E-state index contributed by atoms with van der Waals surface area (Å²) in [7, 11) is 0. The zero-order chi connectivity index (χ0) is 12.1. The van der Waals surface area contributed by atoms with E-state index in [9.17, 15) is 4.79 Å². The van der Waals surface area contributed by atoms with Crippen LogP contribution in [-0.4, -0.2) is 17.7 Å². The van der Waals surface area contributed by atoms with Gasteiger partial charge in [0.2, 0.25) is 0 Å². The molecule has 0 spiro atoms. The van der Waals surface area contributed by atoms with Crippen molar-refractivity contribution in [1.82, 2.24) is 0 Å². The van der Waals surface area contributed by atoms with Crippen LogP contribution in [-0.2, 0) is 4.79 Å². The molecule has 0 bridgehead atoms. The second-order valence-electron chi connectivity index (χ2n) is 4.30. The average molecular weight is 222 g/mol. The van der Waals surface area contributed by atoms with E-state index in [0.717, 1.165) is 5.56 Å². The van der Waals surface area contributed by atoms with E-state index in [0.29, 0.717) is 18.3 Å². The molecule has 1 aromatic carbocycles. The van der Waals surface area contributed by atoms with Crippen molar-refractivity contribution in [3.63, 3.8) is 0 Å². The second-order valence-corrected chi connectivity index (χ2v) is 4.30. The first-order valence-electron chi connectivity index (χ1n) is 5.47. The molecule has 3 nitrogen and oxygen atoms in total.